The molecule has 0 aliphatic carbocycles. The molecule has 2 aromatic carbocycles. The molecule has 2 aliphatic rings. The summed E-state index contributed by atoms with van der Waals surface area (Å²) in [4.78, 5) is 29.7. The van der Waals surface area contributed by atoms with E-state index in [1.807, 2.05) is 41.0 Å². The SMILES string of the molecule is Cc1c(C(=O)N2CCC(C(=O)N3CCCC3)CC2)oc2c1ccc1ccccc12. The summed E-state index contributed by atoms with van der Waals surface area (Å²) in [5.41, 5.74) is 1.68. The lowest BCUT2D eigenvalue weighted by molar-refractivity contribution is -0.135. The van der Waals surface area contributed by atoms with Crippen LogP contribution in [0.5, 0.6) is 0 Å². The van der Waals surface area contributed by atoms with E-state index in [-0.39, 0.29) is 17.7 Å². The lowest BCUT2D eigenvalue weighted by Gasteiger charge is -2.32. The number of fused-ring (bicyclic) bond motifs is 3. The molecule has 5 rings (SSSR count). The van der Waals surface area contributed by atoms with Gasteiger partial charge in [0, 0.05) is 48.4 Å². The average molecular weight is 390 g/mol. The number of likely N-dealkylation sites (tertiary alicyclic amines) is 2. The Bertz CT molecular complexity index is 1090. The molecule has 3 aromatic rings. The number of carbonyl (C=O) groups excluding carboxylic acids is 2. The number of hydrogen-bond acceptors (Lipinski definition) is 3. The fourth-order valence-corrected chi connectivity index (χ4v) is 4.82. The van der Waals surface area contributed by atoms with Gasteiger partial charge in [0.2, 0.25) is 5.91 Å². The maximum atomic E-state index is 13.2. The summed E-state index contributed by atoms with van der Waals surface area (Å²) < 4.78 is 6.12. The van der Waals surface area contributed by atoms with E-state index >= 15 is 0 Å². The van der Waals surface area contributed by atoms with Gasteiger partial charge in [-0.15, -0.1) is 0 Å². The lowest BCUT2D eigenvalue weighted by atomic mass is 9.95. The Morgan fingerprint density at radius 2 is 1.62 bits per heavy atom. The lowest BCUT2D eigenvalue weighted by Crippen LogP contribution is -2.43. The van der Waals surface area contributed by atoms with Gasteiger partial charge in [-0.1, -0.05) is 36.4 Å². The van der Waals surface area contributed by atoms with Gasteiger partial charge < -0.3 is 14.2 Å². The standard InChI is InChI=1S/C24H26N2O3/c1-16-19-9-8-17-6-2-3-7-20(17)22(19)29-21(16)24(28)26-14-10-18(11-15-26)23(27)25-12-4-5-13-25/h2-3,6-9,18H,4-5,10-15H2,1H3. The number of aryl methyl sites for hydroxylation is 1. The third kappa shape index (κ3) is 3.09. The first-order valence-corrected chi connectivity index (χ1v) is 10.6. The number of nitrogens with zero attached hydrogens (tertiary/aromatic N) is 2. The molecule has 0 saturated carbocycles. The Balaban J connectivity index is 1.36. The van der Waals surface area contributed by atoms with Gasteiger partial charge in [0.1, 0.15) is 5.58 Å². The van der Waals surface area contributed by atoms with E-state index in [0.717, 1.165) is 66.1 Å². The molecule has 3 heterocycles. The molecule has 1 aromatic heterocycles. The number of benzene rings is 2. The molecule has 2 amide bonds. The van der Waals surface area contributed by atoms with Gasteiger partial charge in [-0.05, 0) is 38.0 Å². The molecule has 0 bridgehead atoms. The van der Waals surface area contributed by atoms with Crippen molar-refractivity contribution >= 4 is 33.6 Å². The molecule has 0 spiro atoms. The highest BCUT2D eigenvalue weighted by atomic mass is 16.3. The molecule has 0 unspecified atom stereocenters. The van der Waals surface area contributed by atoms with Crippen LogP contribution in [0.2, 0.25) is 0 Å². The van der Waals surface area contributed by atoms with Gasteiger partial charge in [-0.25, -0.2) is 0 Å². The largest absolute Gasteiger partial charge is 0.450 e. The fraction of sp³-hybridized carbons (Fsp3) is 0.417. The zero-order chi connectivity index (χ0) is 20.0. The van der Waals surface area contributed by atoms with Crippen molar-refractivity contribution in [2.45, 2.75) is 32.6 Å². The van der Waals surface area contributed by atoms with Crippen molar-refractivity contribution in [2.75, 3.05) is 26.2 Å². The summed E-state index contributed by atoms with van der Waals surface area (Å²) in [6.07, 6.45) is 3.71. The number of amides is 2. The summed E-state index contributed by atoms with van der Waals surface area (Å²) in [7, 11) is 0. The molecule has 2 fully saturated rings. The minimum Gasteiger partial charge on any atom is -0.450 e. The summed E-state index contributed by atoms with van der Waals surface area (Å²) >= 11 is 0. The topological polar surface area (TPSA) is 53.8 Å². The minimum absolute atomic E-state index is 0.0536. The van der Waals surface area contributed by atoms with Gasteiger partial charge in [0.15, 0.2) is 5.76 Å². The third-order valence-corrected chi connectivity index (χ3v) is 6.57. The predicted molar refractivity (Wildman–Crippen MR) is 113 cm³/mol. The second-order valence-electron chi connectivity index (χ2n) is 8.32. The smallest absolute Gasteiger partial charge is 0.289 e. The molecule has 2 saturated heterocycles. The summed E-state index contributed by atoms with van der Waals surface area (Å²) in [5, 5.41) is 3.13. The first kappa shape index (κ1) is 18.2. The van der Waals surface area contributed by atoms with Crippen LogP contribution in [0, 0.1) is 12.8 Å². The van der Waals surface area contributed by atoms with Crippen molar-refractivity contribution in [3.8, 4) is 0 Å². The van der Waals surface area contributed by atoms with E-state index in [4.69, 9.17) is 4.42 Å². The van der Waals surface area contributed by atoms with Crippen molar-refractivity contribution in [1.29, 1.82) is 0 Å². The molecule has 0 N–H and O–H groups in total. The van der Waals surface area contributed by atoms with Crippen molar-refractivity contribution in [1.82, 2.24) is 9.80 Å². The number of rotatable bonds is 2. The predicted octanol–water partition coefficient (Wildman–Crippen LogP) is 4.37. The summed E-state index contributed by atoms with van der Waals surface area (Å²) in [5.74, 6) is 0.703. The highest BCUT2D eigenvalue weighted by Gasteiger charge is 2.33. The van der Waals surface area contributed by atoms with Gasteiger partial charge in [-0.2, -0.15) is 0 Å². The van der Waals surface area contributed by atoms with Crippen LogP contribution >= 0.6 is 0 Å². The van der Waals surface area contributed by atoms with Gasteiger partial charge >= 0.3 is 0 Å². The van der Waals surface area contributed by atoms with Crippen LogP contribution in [0.3, 0.4) is 0 Å². The zero-order valence-electron chi connectivity index (χ0n) is 16.8. The van der Waals surface area contributed by atoms with Crippen molar-refractivity contribution in [3.05, 3.63) is 47.7 Å². The van der Waals surface area contributed by atoms with E-state index in [9.17, 15) is 9.59 Å². The van der Waals surface area contributed by atoms with Gasteiger partial charge in [0.25, 0.3) is 5.91 Å². The van der Waals surface area contributed by atoms with E-state index in [1.165, 1.54) is 0 Å². The normalized spacial score (nSPS) is 18.1. The number of hydrogen-bond donors (Lipinski definition) is 0. The van der Waals surface area contributed by atoms with Crippen LogP contribution in [0.1, 0.15) is 41.8 Å². The van der Waals surface area contributed by atoms with Gasteiger partial charge in [-0.3, -0.25) is 9.59 Å². The maximum absolute atomic E-state index is 13.2. The van der Waals surface area contributed by atoms with E-state index in [2.05, 4.69) is 12.1 Å². The second kappa shape index (κ2) is 7.21. The first-order chi connectivity index (χ1) is 14.1. The maximum Gasteiger partial charge on any atom is 0.289 e. The van der Waals surface area contributed by atoms with Crippen LogP contribution in [0.4, 0.5) is 0 Å². The summed E-state index contributed by atoms with van der Waals surface area (Å²) in [6, 6.07) is 12.2. The Kier molecular flexibility index (Phi) is 4.53. The molecular formula is C24H26N2O3. The Morgan fingerprint density at radius 3 is 2.38 bits per heavy atom. The molecule has 2 aliphatic heterocycles. The molecular weight excluding hydrogens is 364 g/mol. The Labute approximate surface area is 170 Å². The van der Waals surface area contributed by atoms with Crippen LogP contribution in [0.15, 0.2) is 40.8 Å². The van der Waals surface area contributed by atoms with Crippen molar-refractivity contribution in [2.24, 2.45) is 5.92 Å². The molecule has 0 atom stereocenters. The quantitative estimate of drug-likeness (QED) is 0.653. The Hall–Kier alpha value is -2.82. The highest BCUT2D eigenvalue weighted by Crippen LogP contribution is 2.33. The van der Waals surface area contributed by atoms with Crippen LogP contribution < -0.4 is 0 Å². The van der Waals surface area contributed by atoms with Crippen LogP contribution in [-0.2, 0) is 4.79 Å². The Morgan fingerprint density at radius 1 is 0.897 bits per heavy atom. The highest BCUT2D eigenvalue weighted by molar-refractivity contribution is 6.08. The molecule has 0 radical (unpaired) electrons. The third-order valence-electron chi connectivity index (χ3n) is 6.57. The van der Waals surface area contributed by atoms with Gasteiger partial charge in [0.05, 0.1) is 0 Å². The van der Waals surface area contributed by atoms with Crippen molar-refractivity contribution in [3.63, 3.8) is 0 Å². The van der Waals surface area contributed by atoms with Crippen molar-refractivity contribution < 1.29 is 14.0 Å². The van der Waals surface area contributed by atoms with E-state index < -0.39 is 0 Å². The molecule has 150 valence electrons. The molecule has 5 nitrogen and oxygen atoms in total. The fourth-order valence-electron chi connectivity index (χ4n) is 4.82. The average Bonchev–Trinajstić information content (AvgIpc) is 3.41. The number of furan rings is 1. The zero-order valence-corrected chi connectivity index (χ0v) is 16.8. The molecule has 5 heteroatoms. The first-order valence-electron chi connectivity index (χ1n) is 10.6. The van der Waals surface area contributed by atoms with Crippen LogP contribution in [-0.4, -0.2) is 47.8 Å². The second-order valence-corrected chi connectivity index (χ2v) is 8.32. The van der Waals surface area contributed by atoms with E-state index in [0.29, 0.717) is 18.8 Å². The number of piperidine rings is 1. The monoisotopic (exact) mass is 390 g/mol. The van der Waals surface area contributed by atoms with E-state index in [1.54, 1.807) is 0 Å². The number of carbonyl (C=O) groups is 2. The minimum atomic E-state index is -0.0603. The molecule has 29 heavy (non-hydrogen) atoms. The summed E-state index contributed by atoms with van der Waals surface area (Å²) in [6.45, 7) is 4.96. The van der Waals surface area contributed by atoms with Crippen LogP contribution in [0.25, 0.3) is 21.7 Å².